The third kappa shape index (κ3) is 8.82. The Morgan fingerprint density at radius 1 is 1.11 bits per heavy atom. The molecular formula is C8H17Sb. The molecule has 0 atom stereocenters. The van der Waals surface area contributed by atoms with Crippen LogP contribution in [0.5, 0.6) is 0 Å². The summed E-state index contributed by atoms with van der Waals surface area (Å²) in [6.07, 6.45) is 5.76. The Balaban J connectivity index is 2.75. The second-order valence-electron chi connectivity index (χ2n) is 2.97. The van der Waals surface area contributed by atoms with Gasteiger partial charge in [0.15, 0.2) is 0 Å². The minimum absolute atomic E-state index is 0.909. The monoisotopic (exact) mass is 234 g/mol. The number of hydrogen-bond donors (Lipinski definition) is 0. The summed E-state index contributed by atoms with van der Waals surface area (Å²) in [7, 11) is 0. The van der Waals surface area contributed by atoms with Gasteiger partial charge in [-0.25, -0.2) is 0 Å². The van der Waals surface area contributed by atoms with Crippen LogP contribution >= 0.6 is 0 Å². The van der Waals surface area contributed by atoms with Gasteiger partial charge in [0.2, 0.25) is 0 Å². The van der Waals surface area contributed by atoms with Crippen molar-refractivity contribution in [3.05, 3.63) is 0 Å². The zero-order valence-electron chi connectivity index (χ0n) is 6.56. The summed E-state index contributed by atoms with van der Waals surface area (Å²) in [4.78, 5) is 0. The SMILES string of the molecule is CC(C)CCCC[CH2][Sb]. The fourth-order valence-electron chi connectivity index (χ4n) is 0.841. The molecule has 0 unspecified atom stereocenters. The van der Waals surface area contributed by atoms with E-state index in [-0.39, 0.29) is 0 Å². The van der Waals surface area contributed by atoms with Gasteiger partial charge >= 0.3 is 72.8 Å². The molecule has 0 heterocycles. The van der Waals surface area contributed by atoms with Gasteiger partial charge in [-0.15, -0.1) is 0 Å². The van der Waals surface area contributed by atoms with Crippen molar-refractivity contribution in [3.8, 4) is 0 Å². The van der Waals surface area contributed by atoms with Crippen molar-refractivity contribution < 1.29 is 0 Å². The second-order valence-corrected chi connectivity index (χ2v) is 4.24. The zero-order chi connectivity index (χ0) is 7.11. The van der Waals surface area contributed by atoms with Crippen molar-refractivity contribution in [3.63, 3.8) is 0 Å². The number of rotatable bonds is 5. The van der Waals surface area contributed by atoms with E-state index in [0.717, 1.165) is 5.92 Å². The van der Waals surface area contributed by atoms with Crippen LogP contribution in [0, 0.1) is 5.92 Å². The Hall–Kier alpha value is 0.818. The van der Waals surface area contributed by atoms with Crippen LogP contribution in [0.2, 0.25) is 4.37 Å². The molecule has 0 aliphatic carbocycles. The Kier molecular flexibility index (Phi) is 7.56. The van der Waals surface area contributed by atoms with E-state index in [1.54, 1.807) is 0 Å². The van der Waals surface area contributed by atoms with Crippen LogP contribution in [-0.4, -0.2) is 23.0 Å². The summed E-state index contributed by atoms with van der Waals surface area (Å²) < 4.78 is 1.41. The van der Waals surface area contributed by atoms with E-state index in [9.17, 15) is 0 Å². The predicted octanol–water partition coefficient (Wildman–Crippen LogP) is 2.79. The van der Waals surface area contributed by atoms with Gasteiger partial charge in [0.25, 0.3) is 0 Å². The van der Waals surface area contributed by atoms with E-state index in [1.807, 2.05) is 23.0 Å². The molecule has 0 spiro atoms. The van der Waals surface area contributed by atoms with E-state index >= 15 is 0 Å². The molecule has 1 heteroatoms. The molecule has 0 N–H and O–H groups in total. The quantitative estimate of drug-likeness (QED) is 0.507. The first-order chi connectivity index (χ1) is 4.27. The van der Waals surface area contributed by atoms with Crippen molar-refractivity contribution in [2.24, 2.45) is 5.92 Å². The number of unbranched alkanes of at least 4 members (excludes halogenated alkanes) is 2. The first-order valence-corrected chi connectivity index (χ1v) is 5.68. The molecule has 2 radical (unpaired) electrons. The Bertz CT molecular complexity index is 50.5. The van der Waals surface area contributed by atoms with Gasteiger partial charge in [0.1, 0.15) is 0 Å². The molecule has 0 fully saturated rings. The third-order valence-corrected chi connectivity index (χ3v) is 2.34. The predicted molar refractivity (Wildman–Crippen MR) is 43.9 cm³/mol. The fourth-order valence-corrected chi connectivity index (χ4v) is 1.48. The Morgan fingerprint density at radius 2 is 1.78 bits per heavy atom. The molecule has 0 aliphatic heterocycles. The molecule has 0 saturated carbocycles. The summed E-state index contributed by atoms with van der Waals surface area (Å²) in [6, 6.07) is 0. The molecule has 9 heavy (non-hydrogen) atoms. The van der Waals surface area contributed by atoms with Crippen LogP contribution in [-0.2, 0) is 0 Å². The second kappa shape index (κ2) is 6.93. The van der Waals surface area contributed by atoms with E-state index < -0.39 is 0 Å². The van der Waals surface area contributed by atoms with Crippen molar-refractivity contribution in [1.82, 2.24) is 0 Å². The first kappa shape index (κ1) is 9.82. The average Bonchev–Trinajstić information content (AvgIpc) is 1.80. The van der Waals surface area contributed by atoms with Crippen LogP contribution in [0.25, 0.3) is 0 Å². The van der Waals surface area contributed by atoms with Gasteiger partial charge in [0, 0.05) is 0 Å². The molecule has 0 rings (SSSR count). The van der Waals surface area contributed by atoms with Crippen molar-refractivity contribution in [2.45, 2.75) is 43.9 Å². The maximum absolute atomic E-state index is 2.30. The van der Waals surface area contributed by atoms with Gasteiger partial charge in [-0.3, -0.25) is 0 Å². The summed E-state index contributed by atoms with van der Waals surface area (Å²) in [5.41, 5.74) is 0. The standard InChI is InChI=1S/C8H17.Sb/c1-4-5-6-7-8(2)3;/h8H,1,4-7H2,2-3H3;. The summed E-state index contributed by atoms with van der Waals surface area (Å²) in [5.74, 6) is 0.909. The van der Waals surface area contributed by atoms with Crippen LogP contribution in [0.3, 0.4) is 0 Å². The fraction of sp³-hybridized carbons (Fsp3) is 1.00. The Morgan fingerprint density at radius 3 is 2.22 bits per heavy atom. The van der Waals surface area contributed by atoms with Crippen LogP contribution in [0.4, 0.5) is 0 Å². The van der Waals surface area contributed by atoms with Gasteiger partial charge in [-0.1, -0.05) is 0 Å². The molecule has 0 bridgehead atoms. The summed E-state index contributed by atoms with van der Waals surface area (Å²) in [6.45, 7) is 4.60. The summed E-state index contributed by atoms with van der Waals surface area (Å²) >= 11 is 1.95. The van der Waals surface area contributed by atoms with E-state index in [2.05, 4.69) is 13.8 Å². The molecule has 0 amide bonds. The molecule has 0 aromatic heterocycles. The molecule has 0 saturated heterocycles. The maximum atomic E-state index is 2.30. The zero-order valence-corrected chi connectivity index (χ0v) is 9.11. The van der Waals surface area contributed by atoms with Crippen molar-refractivity contribution in [2.75, 3.05) is 0 Å². The molecule has 0 aromatic carbocycles. The van der Waals surface area contributed by atoms with Crippen LogP contribution < -0.4 is 0 Å². The number of hydrogen-bond acceptors (Lipinski definition) is 0. The molecule has 0 aromatic rings. The van der Waals surface area contributed by atoms with Gasteiger partial charge in [0.05, 0.1) is 0 Å². The minimum atomic E-state index is 0.909. The Labute approximate surface area is 72.9 Å². The first-order valence-electron chi connectivity index (χ1n) is 3.88. The van der Waals surface area contributed by atoms with E-state index in [0.29, 0.717) is 0 Å². The average molecular weight is 235 g/mol. The normalized spacial score (nSPS) is 10.7. The third-order valence-electron chi connectivity index (χ3n) is 1.44. The van der Waals surface area contributed by atoms with Crippen LogP contribution in [0.1, 0.15) is 39.5 Å². The van der Waals surface area contributed by atoms with Crippen molar-refractivity contribution in [1.29, 1.82) is 0 Å². The van der Waals surface area contributed by atoms with Gasteiger partial charge in [-0.2, -0.15) is 0 Å². The van der Waals surface area contributed by atoms with Crippen molar-refractivity contribution >= 4 is 23.0 Å². The van der Waals surface area contributed by atoms with Gasteiger partial charge in [-0.05, 0) is 0 Å². The molecule has 54 valence electrons. The molecular weight excluding hydrogens is 218 g/mol. The van der Waals surface area contributed by atoms with E-state index in [1.165, 1.54) is 30.1 Å². The topological polar surface area (TPSA) is 0 Å². The molecule has 0 aliphatic rings. The van der Waals surface area contributed by atoms with E-state index in [4.69, 9.17) is 0 Å². The van der Waals surface area contributed by atoms with Gasteiger partial charge < -0.3 is 0 Å². The van der Waals surface area contributed by atoms with Crippen LogP contribution in [0.15, 0.2) is 0 Å². The summed E-state index contributed by atoms with van der Waals surface area (Å²) in [5, 5.41) is 0. The molecule has 0 nitrogen and oxygen atoms in total.